The summed E-state index contributed by atoms with van der Waals surface area (Å²) < 4.78 is 5.74. The van der Waals surface area contributed by atoms with Crippen molar-refractivity contribution in [1.82, 2.24) is 10.2 Å². The monoisotopic (exact) mass is 282 g/mol. The minimum Gasteiger partial charge on any atom is -0.381 e. The molecular weight excluding hydrogens is 248 g/mol. The fourth-order valence-corrected chi connectivity index (χ4v) is 3.66. The Kier molecular flexibility index (Phi) is 6.31. The van der Waals surface area contributed by atoms with E-state index in [1.165, 1.54) is 51.7 Å². The predicted octanol–water partition coefficient (Wildman–Crippen LogP) is 2.90. The number of likely N-dealkylation sites (tertiary alicyclic amines) is 1. The maximum atomic E-state index is 5.74. The molecule has 1 N–H and O–H groups in total. The van der Waals surface area contributed by atoms with Gasteiger partial charge in [0, 0.05) is 31.2 Å². The summed E-state index contributed by atoms with van der Waals surface area (Å²) >= 11 is 0. The van der Waals surface area contributed by atoms with Gasteiger partial charge >= 0.3 is 0 Å². The van der Waals surface area contributed by atoms with Crippen LogP contribution in [-0.2, 0) is 4.74 Å². The first kappa shape index (κ1) is 16.3. The van der Waals surface area contributed by atoms with E-state index in [0.29, 0.717) is 11.5 Å². The molecule has 2 heterocycles. The molecule has 0 saturated carbocycles. The van der Waals surface area contributed by atoms with Gasteiger partial charge in [-0.1, -0.05) is 27.2 Å². The van der Waals surface area contributed by atoms with Crippen molar-refractivity contribution in [3.8, 4) is 0 Å². The van der Waals surface area contributed by atoms with Gasteiger partial charge in [-0.15, -0.1) is 0 Å². The van der Waals surface area contributed by atoms with E-state index in [4.69, 9.17) is 4.74 Å². The Morgan fingerprint density at radius 1 is 1.30 bits per heavy atom. The van der Waals surface area contributed by atoms with Crippen LogP contribution in [-0.4, -0.2) is 50.3 Å². The predicted molar refractivity (Wildman–Crippen MR) is 85.1 cm³/mol. The zero-order valence-corrected chi connectivity index (χ0v) is 13.8. The molecule has 20 heavy (non-hydrogen) atoms. The molecule has 3 nitrogen and oxygen atoms in total. The second-order valence-electron chi connectivity index (χ2n) is 7.32. The van der Waals surface area contributed by atoms with Gasteiger partial charge in [0.15, 0.2) is 0 Å². The first-order chi connectivity index (χ1) is 9.63. The van der Waals surface area contributed by atoms with Crippen molar-refractivity contribution in [3.05, 3.63) is 0 Å². The fraction of sp³-hybridized carbons (Fsp3) is 1.00. The summed E-state index contributed by atoms with van der Waals surface area (Å²) in [5.41, 5.74) is 0.357. The van der Waals surface area contributed by atoms with E-state index in [2.05, 4.69) is 31.0 Å². The number of rotatable bonds is 6. The fourth-order valence-electron chi connectivity index (χ4n) is 3.66. The van der Waals surface area contributed by atoms with Crippen LogP contribution in [0.2, 0.25) is 0 Å². The summed E-state index contributed by atoms with van der Waals surface area (Å²) in [5, 5.41) is 3.65. The van der Waals surface area contributed by atoms with Crippen molar-refractivity contribution >= 4 is 0 Å². The quantitative estimate of drug-likeness (QED) is 0.811. The molecule has 118 valence electrons. The highest BCUT2D eigenvalue weighted by atomic mass is 16.5. The molecule has 2 saturated heterocycles. The SMILES string of the molecule is CCC1CCCN(CC2(CNC(C)C)CCOC2)CC1. The van der Waals surface area contributed by atoms with E-state index in [9.17, 15) is 0 Å². The van der Waals surface area contributed by atoms with Gasteiger partial charge in [0.2, 0.25) is 0 Å². The molecule has 0 bridgehead atoms. The standard InChI is InChI=1S/C17H34N2O/c1-4-16-6-5-9-19(10-7-16)13-17(8-11-20-14-17)12-18-15(2)3/h15-16,18H,4-14H2,1-3H3. The third-order valence-electron chi connectivity index (χ3n) is 5.15. The topological polar surface area (TPSA) is 24.5 Å². The maximum absolute atomic E-state index is 5.74. The summed E-state index contributed by atoms with van der Waals surface area (Å²) in [6, 6.07) is 0.570. The second kappa shape index (κ2) is 7.77. The average molecular weight is 282 g/mol. The first-order valence-corrected chi connectivity index (χ1v) is 8.67. The molecule has 0 aromatic carbocycles. The Morgan fingerprint density at radius 3 is 2.80 bits per heavy atom. The van der Waals surface area contributed by atoms with E-state index in [1.54, 1.807) is 0 Å². The van der Waals surface area contributed by atoms with E-state index >= 15 is 0 Å². The van der Waals surface area contributed by atoms with Crippen LogP contribution in [0.5, 0.6) is 0 Å². The van der Waals surface area contributed by atoms with Crippen molar-refractivity contribution in [2.24, 2.45) is 11.3 Å². The van der Waals surface area contributed by atoms with Gasteiger partial charge in [0.05, 0.1) is 6.61 Å². The summed E-state index contributed by atoms with van der Waals surface area (Å²) in [4.78, 5) is 2.71. The zero-order valence-electron chi connectivity index (χ0n) is 13.8. The van der Waals surface area contributed by atoms with E-state index in [-0.39, 0.29) is 0 Å². The molecule has 2 unspecified atom stereocenters. The van der Waals surface area contributed by atoms with Gasteiger partial charge < -0.3 is 15.0 Å². The Morgan fingerprint density at radius 2 is 2.15 bits per heavy atom. The summed E-state index contributed by atoms with van der Waals surface area (Å²) in [5.74, 6) is 0.963. The van der Waals surface area contributed by atoms with Gasteiger partial charge in [-0.2, -0.15) is 0 Å². The van der Waals surface area contributed by atoms with Crippen molar-refractivity contribution in [3.63, 3.8) is 0 Å². The Balaban J connectivity index is 1.87. The summed E-state index contributed by atoms with van der Waals surface area (Å²) in [7, 11) is 0. The lowest BCUT2D eigenvalue weighted by Crippen LogP contribution is -2.46. The number of hydrogen-bond acceptors (Lipinski definition) is 3. The molecule has 0 aromatic heterocycles. The molecule has 2 atom stereocenters. The lowest BCUT2D eigenvalue weighted by atomic mass is 9.86. The van der Waals surface area contributed by atoms with Crippen molar-refractivity contribution in [2.45, 2.75) is 58.9 Å². The van der Waals surface area contributed by atoms with Crippen LogP contribution in [0.4, 0.5) is 0 Å². The highest BCUT2D eigenvalue weighted by Crippen LogP contribution is 2.31. The maximum Gasteiger partial charge on any atom is 0.0547 e. The number of ether oxygens (including phenoxy) is 1. The van der Waals surface area contributed by atoms with Crippen LogP contribution in [0, 0.1) is 11.3 Å². The van der Waals surface area contributed by atoms with Gasteiger partial charge in [0.1, 0.15) is 0 Å². The van der Waals surface area contributed by atoms with Crippen LogP contribution in [0.3, 0.4) is 0 Å². The molecule has 0 aliphatic carbocycles. The minimum absolute atomic E-state index is 0.357. The molecule has 2 fully saturated rings. The van der Waals surface area contributed by atoms with Crippen LogP contribution < -0.4 is 5.32 Å². The van der Waals surface area contributed by atoms with Crippen molar-refractivity contribution < 1.29 is 4.74 Å². The van der Waals surface area contributed by atoms with Crippen LogP contribution in [0.15, 0.2) is 0 Å². The largest absolute Gasteiger partial charge is 0.381 e. The molecule has 2 aliphatic rings. The number of nitrogens with one attached hydrogen (secondary N) is 1. The summed E-state index contributed by atoms with van der Waals surface area (Å²) in [6.07, 6.45) is 6.79. The third kappa shape index (κ3) is 4.71. The molecule has 0 radical (unpaired) electrons. The number of hydrogen-bond donors (Lipinski definition) is 1. The molecule has 3 heteroatoms. The smallest absolute Gasteiger partial charge is 0.0547 e. The zero-order chi connectivity index (χ0) is 14.4. The first-order valence-electron chi connectivity index (χ1n) is 8.67. The van der Waals surface area contributed by atoms with E-state index in [0.717, 1.165) is 25.7 Å². The van der Waals surface area contributed by atoms with Crippen LogP contribution in [0.25, 0.3) is 0 Å². The van der Waals surface area contributed by atoms with Gasteiger partial charge in [0.25, 0.3) is 0 Å². The van der Waals surface area contributed by atoms with E-state index in [1.807, 2.05) is 0 Å². The van der Waals surface area contributed by atoms with Crippen molar-refractivity contribution in [2.75, 3.05) is 39.4 Å². The van der Waals surface area contributed by atoms with Gasteiger partial charge in [-0.3, -0.25) is 0 Å². The Labute approximate surface area is 125 Å². The second-order valence-corrected chi connectivity index (χ2v) is 7.32. The molecule has 2 aliphatic heterocycles. The minimum atomic E-state index is 0.357. The average Bonchev–Trinajstić information content (AvgIpc) is 2.77. The molecule has 0 amide bonds. The molecule has 0 spiro atoms. The highest BCUT2D eigenvalue weighted by Gasteiger charge is 2.36. The lowest BCUT2D eigenvalue weighted by Gasteiger charge is -2.34. The van der Waals surface area contributed by atoms with Gasteiger partial charge in [-0.05, 0) is 44.7 Å². The number of nitrogens with zero attached hydrogens (tertiary/aromatic N) is 1. The van der Waals surface area contributed by atoms with Crippen LogP contribution in [0.1, 0.15) is 52.9 Å². The molecular formula is C17H34N2O. The molecule has 0 aromatic rings. The Bertz CT molecular complexity index is 274. The van der Waals surface area contributed by atoms with E-state index < -0.39 is 0 Å². The highest BCUT2D eigenvalue weighted by molar-refractivity contribution is 4.89. The van der Waals surface area contributed by atoms with Crippen LogP contribution >= 0.6 is 0 Å². The molecule has 2 rings (SSSR count). The lowest BCUT2D eigenvalue weighted by molar-refractivity contribution is 0.107. The third-order valence-corrected chi connectivity index (χ3v) is 5.15. The normalized spacial score (nSPS) is 32.7. The Hall–Kier alpha value is -0.120. The summed E-state index contributed by atoms with van der Waals surface area (Å²) in [6.45, 7) is 13.6. The van der Waals surface area contributed by atoms with Crippen molar-refractivity contribution in [1.29, 1.82) is 0 Å². The van der Waals surface area contributed by atoms with Gasteiger partial charge in [-0.25, -0.2) is 0 Å².